The molecule has 0 saturated carbocycles. The van der Waals surface area contributed by atoms with Gasteiger partial charge in [0.25, 0.3) is 0 Å². The summed E-state index contributed by atoms with van der Waals surface area (Å²) in [5, 5.41) is 0. The number of nitrogens with two attached hydrogens (primary N) is 1. The summed E-state index contributed by atoms with van der Waals surface area (Å²) in [5.41, 5.74) is 7.18. The summed E-state index contributed by atoms with van der Waals surface area (Å²) in [5.74, 6) is -0.276. The summed E-state index contributed by atoms with van der Waals surface area (Å²) in [6, 6.07) is 4.49. The van der Waals surface area contributed by atoms with Crippen molar-refractivity contribution in [1.82, 2.24) is 4.90 Å². The molecule has 0 fully saturated rings. The van der Waals surface area contributed by atoms with E-state index in [9.17, 15) is 4.39 Å². The Morgan fingerprint density at radius 2 is 2.16 bits per heavy atom. The Balaban J connectivity index is 2.65. The first-order valence-electron chi connectivity index (χ1n) is 6.28. The minimum atomic E-state index is -0.276. The molecule has 1 aromatic carbocycles. The van der Waals surface area contributed by atoms with E-state index in [2.05, 4.69) is 4.90 Å². The van der Waals surface area contributed by atoms with E-state index in [1.54, 1.807) is 6.07 Å². The number of halogens is 1. The normalized spacial score (nSPS) is 11.3. The highest BCUT2D eigenvalue weighted by Crippen LogP contribution is 2.13. The van der Waals surface area contributed by atoms with Crippen molar-refractivity contribution in [2.75, 3.05) is 20.2 Å². The summed E-state index contributed by atoms with van der Waals surface area (Å²) < 4.78 is 18.8. The minimum Gasteiger partial charge on any atom is -0.389 e. The van der Waals surface area contributed by atoms with E-state index in [1.807, 2.05) is 20.9 Å². The van der Waals surface area contributed by atoms with Crippen molar-refractivity contribution < 1.29 is 9.13 Å². The third-order valence-corrected chi connectivity index (χ3v) is 2.92. The molecule has 1 aromatic rings. The average Bonchev–Trinajstić information content (AvgIpc) is 2.27. The molecule has 19 heavy (non-hydrogen) atoms. The molecular formula is C14H21FN2OS. The van der Waals surface area contributed by atoms with E-state index in [0.29, 0.717) is 18.1 Å². The fourth-order valence-corrected chi connectivity index (χ4v) is 1.95. The number of nitrogens with zero attached hydrogens (tertiary/aromatic N) is 1. The Bertz CT molecular complexity index is 437. The van der Waals surface area contributed by atoms with Gasteiger partial charge < -0.3 is 10.5 Å². The standard InChI is InChI=1S/C14H21FN2OS/c1-10(2)18-7-6-17(3)9-11-8-12(15)4-5-13(11)14(16)19/h4-5,8,10H,6-7,9H2,1-3H3,(H2,16,19). The Kier molecular flexibility index (Phi) is 6.34. The van der Waals surface area contributed by atoms with Gasteiger partial charge >= 0.3 is 0 Å². The molecule has 0 atom stereocenters. The molecule has 106 valence electrons. The number of benzene rings is 1. The van der Waals surface area contributed by atoms with Crippen LogP contribution in [-0.4, -0.2) is 36.2 Å². The highest BCUT2D eigenvalue weighted by Gasteiger charge is 2.09. The summed E-state index contributed by atoms with van der Waals surface area (Å²) in [7, 11) is 1.96. The zero-order valence-corrected chi connectivity index (χ0v) is 12.5. The van der Waals surface area contributed by atoms with Gasteiger partial charge in [-0.2, -0.15) is 0 Å². The van der Waals surface area contributed by atoms with Gasteiger partial charge in [-0.05, 0) is 44.7 Å². The van der Waals surface area contributed by atoms with Crippen LogP contribution in [0.5, 0.6) is 0 Å². The maximum Gasteiger partial charge on any atom is 0.123 e. The minimum absolute atomic E-state index is 0.217. The topological polar surface area (TPSA) is 38.5 Å². The second kappa shape index (κ2) is 7.53. The number of likely N-dealkylation sites (N-methyl/N-ethyl adjacent to an activating group) is 1. The van der Waals surface area contributed by atoms with Crippen LogP contribution in [0.1, 0.15) is 25.0 Å². The van der Waals surface area contributed by atoms with Crippen LogP contribution in [0.4, 0.5) is 4.39 Å². The third kappa shape index (κ3) is 5.63. The smallest absolute Gasteiger partial charge is 0.123 e. The Labute approximate surface area is 119 Å². The van der Waals surface area contributed by atoms with Gasteiger partial charge in [0, 0.05) is 18.7 Å². The number of hydrogen-bond donors (Lipinski definition) is 1. The molecule has 0 unspecified atom stereocenters. The Morgan fingerprint density at radius 1 is 1.47 bits per heavy atom. The number of ether oxygens (including phenoxy) is 1. The molecule has 0 spiro atoms. The summed E-state index contributed by atoms with van der Waals surface area (Å²) >= 11 is 4.98. The zero-order valence-electron chi connectivity index (χ0n) is 11.6. The second-order valence-corrected chi connectivity index (χ2v) is 5.26. The van der Waals surface area contributed by atoms with Crippen LogP contribution in [-0.2, 0) is 11.3 Å². The number of rotatable bonds is 7. The van der Waals surface area contributed by atoms with Crippen LogP contribution in [0.2, 0.25) is 0 Å². The Hall–Kier alpha value is -1.04. The van der Waals surface area contributed by atoms with E-state index >= 15 is 0 Å². The van der Waals surface area contributed by atoms with E-state index in [4.69, 9.17) is 22.7 Å². The van der Waals surface area contributed by atoms with Gasteiger partial charge in [-0.3, -0.25) is 4.90 Å². The van der Waals surface area contributed by atoms with Crippen LogP contribution in [0.3, 0.4) is 0 Å². The quantitative estimate of drug-likeness (QED) is 0.780. The lowest BCUT2D eigenvalue weighted by molar-refractivity contribution is 0.0627. The molecule has 0 amide bonds. The fraction of sp³-hybridized carbons (Fsp3) is 0.500. The predicted octanol–water partition coefficient (Wildman–Crippen LogP) is 2.32. The van der Waals surface area contributed by atoms with Gasteiger partial charge in [0.1, 0.15) is 10.8 Å². The molecule has 0 aliphatic carbocycles. The van der Waals surface area contributed by atoms with Gasteiger partial charge in [-0.15, -0.1) is 0 Å². The summed E-state index contributed by atoms with van der Waals surface area (Å²) in [4.78, 5) is 2.35. The molecule has 5 heteroatoms. The number of hydrogen-bond acceptors (Lipinski definition) is 3. The highest BCUT2D eigenvalue weighted by atomic mass is 32.1. The van der Waals surface area contributed by atoms with Crippen molar-refractivity contribution in [3.8, 4) is 0 Å². The van der Waals surface area contributed by atoms with Crippen LogP contribution in [0.25, 0.3) is 0 Å². The lowest BCUT2D eigenvalue weighted by Crippen LogP contribution is -2.25. The first-order chi connectivity index (χ1) is 8.90. The monoisotopic (exact) mass is 284 g/mol. The average molecular weight is 284 g/mol. The molecule has 0 heterocycles. The predicted molar refractivity (Wildman–Crippen MR) is 79.7 cm³/mol. The van der Waals surface area contributed by atoms with Crippen molar-refractivity contribution in [2.24, 2.45) is 5.73 Å². The molecule has 1 rings (SSSR count). The third-order valence-electron chi connectivity index (χ3n) is 2.70. The fourth-order valence-electron chi connectivity index (χ4n) is 1.75. The number of thiocarbonyl (C=S) groups is 1. The van der Waals surface area contributed by atoms with Crippen molar-refractivity contribution in [2.45, 2.75) is 26.5 Å². The van der Waals surface area contributed by atoms with Crippen LogP contribution < -0.4 is 5.73 Å². The highest BCUT2D eigenvalue weighted by molar-refractivity contribution is 7.80. The van der Waals surface area contributed by atoms with Crippen molar-refractivity contribution in [3.63, 3.8) is 0 Å². The summed E-state index contributed by atoms with van der Waals surface area (Å²) in [6.07, 6.45) is 0.217. The first-order valence-corrected chi connectivity index (χ1v) is 6.69. The van der Waals surface area contributed by atoms with E-state index < -0.39 is 0 Å². The Morgan fingerprint density at radius 3 is 2.74 bits per heavy atom. The van der Waals surface area contributed by atoms with E-state index in [1.165, 1.54) is 12.1 Å². The van der Waals surface area contributed by atoms with Gasteiger partial charge in [0.15, 0.2) is 0 Å². The molecule has 3 nitrogen and oxygen atoms in total. The maximum absolute atomic E-state index is 13.3. The summed E-state index contributed by atoms with van der Waals surface area (Å²) in [6.45, 7) is 6.00. The van der Waals surface area contributed by atoms with Gasteiger partial charge in [0.05, 0.1) is 12.7 Å². The molecule has 2 N–H and O–H groups in total. The van der Waals surface area contributed by atoms with Crippen LogP contribution in [0.15, 0.2) is 18.2 Å². The van der Waals surface area contributed by atoms with Crippen molar-refractivity contribution >= 4 is 17.2 Å². The van der Waals surface area contributed by atoms with Crippen molar-refractivity contribution in [1.29, 1.82) is 0 Å². The van der Waals surface area contributed by atoms with Crippen LogP contribution >= 0.6 is 12.2 Å². The molecule has 0 aromatic heterocycles. The molecule has 0 radical (unpaired) electrons. The van der Waals surface area contributed by atoms with E-state index in [-0.39, 0.29) is 11.9 Å². The molecule has 0 bridgehead atoms. The second-order valence-electron chi connectivity index (χ2n) is 4.82. The SMILES string of the molecule is CC(C)OCCN(C)Cc1cc(F)ccc1C(N)=S. The molecule has 0 aliphatic rings. The maximum atomic E-state index is 13.3. The molecule has 0 saturated heterocycles. The zero-order chi connectivity index (χ0) is 14.4. The lowest BCUT2D eigenvalue weighted by Gasteiger charge is -2.19. The van der Waals surface area contributed by atoms with E-state index in [0.717, 1.165) is 17.7 Å². The molecule has 0 aliphatic heterocycles. The van der Waals surface area contributed by atoms with Gasteiger partial charge in [-0.1, -0.05) is 12.2 Å². The lowest BCUT2D eigenvalue weighted by atomic mass is 10.1. The van der Waals surface area contributed by atoms with Gasteiger partial charge in [-0.25, -0.2) is 4.39 Å². The molecular weight excluding hydrogens is 263 g/mol. The first kappa shape index (κ1) is 16.0. The van der Waals surface area contributed by atoms with Crippen LogP contribution in [0, 0.1) is 5.82 Å². The largest absolute Gasteiger partial charge is 0.389 e. The van der Waals surface area contributed by atoms with Crippen molar-refractivity contribution in [3.05, 3.63) is 35.1 Å². The van der Waals surface area contributed by atoms with Gasteiger partial charge in [0.2, 0.25) is 0 Å².